The molecule has 0 saturated carbocycles. The van der Waals surface area contributed by atoms with Crippen molar-refractivity contribution in [2.24, 2.45) is 0 Å². The van der Waals surface area contributed by atoms with Crippen LogP contribution in [0.25, 0.3) is 0 Å². The van der Waals surface area contributed by atoms with Gasteiger partial charge in [-0.2, -0.15) is 0 Å². The minimum atomic E-state index is -0.996. The molecule has 1 aromatic carbocycles. The second-order valence-electron chi connectivity index (χ2n) is 7.83. The van der Waals surface area contributed by atoms with Crippen molar-refractivity contribution in [3.05, 3.63) is 57.8 Å². The van der Waals surface area contributed by atoms with E-state index in [0.717, 1.165) is 41.0 Å². The average molecular weight is 412 g/mol. The lowest BCUT2D eigenvalue weighted by Gasteiger charge is -2.31. The zero-order valence-corrected chi connectivity index (χ0v) is 17.3. The van der Waals surface area contributed by atoms with Gasteiger partial charge in [-0.3, -0.25) is 14.5 Å². The molecule has 2 aromatic rings. The molecule has 1 saturated heterocycles. The average Bonchev–Trinajstić information content (AvgIpc) is 3.28. The highest BCUT2D eigenvalue weighted by molar-refractivity contribution is 7.10. The van der Waals surface area contributed by atoms with Crippen molar-refractivity contribution in [1.29, 1.82) is 0 Å². The molecule has 1 aliphatic carbocycles. The largest absolute Gasteiger partial charge is 0.352 e. The summed E-state index contributed by atoms with van der Waals surface area (Å²) in [5.41, 5.74) is 1.11. The molecule has 0 radical (unpaired) electrons. The number of amides is 4. The molecule has 1 fully saturated rings. The van der Waals surface area contributed by atoms with Crippen molar-refractivity contribution in [1.82, 2.24) is 15.5 Å². The molecule has 0 bridgehead atoms. The molecule has 1 aromatic heterocycles. The van der Waals surface area contributed by atoms with Gasteiger partial charge in [-0.05, 0) is 56.0 Å². The number of fused-ring (bicyclic) bond motifs is 2. The SMILES string of the molecule is C[C@@H](CCc1ccccc1)NC(=O)CN1C(=O)N[C@@]2(CCCc3sccc32)C1=O. The smallest absolute Gasteiger partial charge is 0.325 e. The van der Waals surface area contributed by atoms with E-state index in [-0.39, 0.29) is 24.4 Å². The van der Waals surface area contributed by atoms with Crippen LogP contribution in [-0.2, 0) is 28.0 Å². The third-order valence-electron chi connectivity index (χ3n) is 5.75. The number of carbonyl (C=O) groups is 3. The molecule has 1 aliphatic heterocycles. The molecule has 4 rings (SSSR count). The third kappa shape index (κ3) is 3.79. The lowest BCUT2D eigenvalue weighted by atomic mass is 9.80. The van der Waals surface area contributed by atoms with Gasteiger partial charge in [0, 0.05) is 16.5 Å². The van der Waals surface area contributed by atoms with Crippen molar-refractivity contribution in [3.63, 3.8) is 0 Å². The Balaban J connectivity index is 1.37. The van der Waals surface area contributed by atoms with Crippen LogP contribution < -0.4 is 10.6 Å². The van der Waals surface area contributed by atoms with Crippen LogP contribution in [0.2, 0.25) is 0 Å². The first-order chi connectivity index (χ1) is 14.0. The van der Waals surface area contributed by atoms with Gasteiger partial charge in [0.1, 0.15) is 12.1 Å². The van der Waals surface area contributed by atoms with Gasteiger partial charge in [0.25, 0.3) is 5.91 Å². The Hall–Kier alpha value is -2.67. The number of imide groups is 1. The molecule has 2 aliphatic rings. The van der Waals surface area contributed by atoms with Crippen LogP contribution in [0.4, 0.5) is 4.79 Å². The minimum absolute atomic E-state index is 0.0458. The first-order valence-electron chi connectivity index (χ1n) is 10.0. The first-order valence-corrected chi connectivity index (χ1v) is 10.9. The summed E-state index contributed by atoms with van der Waals surface area (Å²) in [4.78, 5) is 40.4. The Kier molecular flexibility index (Phi) is 5.41. The Labute approximate surface area is 174 Å². The van der Waals surface area contributed by atoms with Crippen molar-refractivity contribution in [3.8, 4) is 0 Å². The predicted molar refractivity (Wildman–Crippen MR) is 112 cm³/mol. The van der Waals surface area contributed by atoms with E-state index in [1.165, 1.54) is 5.56 Å². The zero-order chi connectivity index (χ0) is 20.4. The fraction of sp³-hybridized carbons (Fsp3) is 0.409. The summed E-state index contributed by atoms with van der Waals surface area (Å²) >= 11 is 1.62. The summed E-state index contributed by atoms with van der Waals surface area (Å²) in [6.45, 7) is 1.69. The van der Waals surface area contributed by atoms with Crippen molar-refractivity contribution >= 4 is 29.2 Å². The molecule has 1 spiro atoms. The maximum atomic E-state index is 13.2. The molecule has 0 unspecified atom stereocenters. The lowest BCUT2D eigenvalue weighted by molar-refractivity contribution is -0.135. The summed E-state index contributed by atoms with van der Waals surface area (Å²) in [6, 6.07) is 11.5. The van der Waals surface area contributed by atoms with Gasteiger partial charge in [0.15, 0.2) is 0 Å². The number of hydrogen-bond acceptors (Lipinski definition) is 4. The van der Waals surface area contributed by atoms with Crippen molar-refractivity contribution in [2.75, 3.05) is 6.54 Å². The number of hydrogen-bond donors (Lipinski definition) is 2. The number of thiophene rings is 1. The lowest BCUT2D eigenvalue weighted by Crippen LogP contribution is -2.47. The fourth-order valence-electron chi connectivity index (χ4n) is 4.25. The Morgan fingerprint density at radius 1 is 1.28 bits per heavy atom. The second-order valence-corrected chi connectivity index (χ2v) is 8.83. The molecule has 6 nitrogen and oxygen atoms in total. The van der Waals surface area contributed by atoms with Crippen LogP contribution in [-0.4, -0.2) is 35.3 Å². The zero-order valence-electron chi connectivity index (χ0n) is 16.4. The van der Waals surface area contributed by atoms with Crippen LogP contribution in [0, 0.1) is 0 Å². The van der Waals surface area contributed by atoms with Crippen LogP contribution in [0.1, 0.15) is 42.2 Å². The number of aryl methyl sites for hydroxylation is 2. The number of urea groups is 1. The normalized spacial score (nSPS) is 21.8. The van der Waals surface area contributed by atoms with Gasteiger partial charge >= 0.3 is 6.03 Å². The van der Waals surface area contributed by atoms with E-state index in [1.54, 1.807) is 11.3 Å². The first kappa shape index (κ1) is 19.6. The Bertz CT molecular complexity index is 926. The highest BCUT2D eigenvalue weighted by Crippen LogP contribution is 2.41. The Morgan fingerprint density at radius 3 is 2.86 bits per heavy atom. The van der Waals surface area contributed by atoms with Gasteiger partial charge < -0.3 is 10.6 Å². The van der Waals surface area contributed by atoms with Crippen LogP contribution in [0.5, 0.6) is 0 Å². The number of rotatable bonds is 6. The molecular formula is C22H25N3O3S. The van der Waals surface area contributed by atoms with Crippen molar-refractivity contribution in [2.45, 2.75) is 50.6 Å². The van der Waals surface area contributed by atoms with Gasteiger partial charge in [-0.1, -0.05) is 30.3 Å². The van der Waals surface area contributed by atoms with Crippen LogP contribution in [0.3, 0.4) is 0 Å². The van der Waals surface area contributed by atoms with E-state index in [2.05, 4.69) is 22.8 Å². The standard InChI is InChI=1S/C22H25N3O3S/c1-15(9-10-16-6-3-2-4-7-16)23-19(26)14-25-20(27)22(24-21(25)28)12-5-8-18-17(22)11-13-29-18/h2-4,6-7,11,13,15H,5,8-10,12,14H2,1H3,(H,23,26)(H,24,28)/t15-,22+/m0/s1. The summed E-state index contributed by atoms with van der Waals surface area (Å²) in [6.07, 6.45) is 3.99. The molecule has 2 atom stereocenters. The molecule has 2 heterocycles. The number of carbonyl (C=O) groups excluding carboxylic acids is 3. The maximum absolute atomic E-state index is 13.2. The van der Waals surface area contributed by atoms with E-state index in [9.17, 15) is 14.4 Å². The van der Waals surface area contributed by atoms with Gasteiger partial charge in [-0.25, -0.2) is 4.79 Å². The minimum Gasteiger partial charge on any atom is -0.352 e. The highest BCUT2D eigenvalue weighted by atomic mass is 32.1. The summed E-state index contributed by atoms with van der Waals surface area (Å²) in [5.74, 6) is -0.624. The molecule has 7 heteroatoms. The third-order valence-corrected chi connectivity index (χ3v) is 6.74. The van der Waals surface area contributed by atoms with Gasteiger partial charge in [0.05, 0.1) is 0 Å². The predicted octanol–water partition coefficient (Wildman–Crippen LogP) is 2.97. The summed E-state index contributed by atoms with van der Waals surface area (Å²) in [5, 5.41) is 7.75. The molecule has 152 valence electrons. The number of nitrogens with one attached hydrogen (secondary N) is 2. The molecule has 2 N–H and O–H groups in total. The van der Waals surface area contributed by atoms with E-state index in [0.29, 0.717) is 6.42 Å². The molecule has 4 amide bonds. The molecule has 29 heavy (non-hydrogen) atoms. The number of nitrogens with zero attached hydrogens (tertiary/aromatic N) is 1. The Morgan fingerprint density at radius 2 is 2.07 bits per heavy atom. The van der Waals surface area contributed by atoms with E-state index < -0.39 is 11.6 Å². The monoisotopic (exact) mass is 411 g/mol. The topological polar surface area (TPSA) is 78.5 Å². The van der Waals surface area contributed by atoms with E-state index >= 15 is 0 Å². The summed E-state index contributed by atoms with van der Waals surface area (Å²) < 4.78 is 0. The van der Waals surface area contributed by atoms with E-state index in [1.807, 2.05) is 36.6 Å². The highest BCUT2D eigenvalue weighted by Gasteiger charge is 2.54. The van der Waals surface area contributed by atoms with Crippen LogP contribution >= 0.6 is 11.3 Å². The van der Waals surface area contributed by atoms with Gasteiger partial charge in [0.2, 0.25) is 5.91 Å². The van der Waals surface area contributed by atoms with Crippen LogP contribution in [0.15, 0.2) is 41.8 Å². The quantitative estimate of drug-likeness (QED) is 0.718. The summed E-state index contributed by atoms with van der Waals surface area (Å²) in [7, 11) is 0. The number of benzene rings is 1. The van der Waals surface area contributed by atoms with E-state index in [4.69, 9.17) is 0 Å². The maximum Gasteiger partial charge on any atom is 0.325 e. The van der Waals surface area contributed by atoms with Gasteiger partial charge in [-0.15, -0.1) is 11.3 Å². The fourth-order valence-corrected chi connectivity index (χ4v) is 5.25. The second kappa shape index (κ2) is 7.99. The molecular weight excluding hydrogens is 386 g/mol. The van der Waals surface area contributed by atoms with Crippen molar-refractivity contribution < 1.29 is 14.4 Å².